The molecule has 4 aliphatic carbocycles. The van der Waals surface area contributed by atoms with Gasteiger partial charge in [0, 0.05) is 0 Å². The maximum atomic E-state index is 2.44. The quantitative estimate of drug-likeness (QED) is 0.265. The number of aryl methyl sites for hydroxylation is 3. The molecular formula is C48H70. The third-order valence-electron chi connectivity index (χ3n) is 13.3. The van der Waals surface area contributed by atoms with Crippen molar-refractivity contribution in [3.8, 4) is 11.1 Å². The van der Waals surface area contributed by atoms with Gasteiger partial charge >= 0.3 is 0 Å². The van der Waals surface area contributed by atoms with E-state index in [0.717, 1.165) is 47.3 Å². The van der Waals surface area contributed by atoms with Crippen molar-refractivity contribution < 1.29 is 0 Å². The van der Waals surface area contributed by atoms with Crippen LogP contribution in [-0.4, -0.2) is 0 Å². The van der Waals surface area contributed by atoms with Crippen LogP contribution in [0, 0.1) is 62.2 Å². The third kappa shape index (κ3) is 11.4. The van der Waals surface area contributed by atoms with E-state index >= 15 is 0 Å². The largest absolute Gasteiger partial charge is 0.0625 e. The second-order valence-corrected chi connectivity index (χ2v) is 17.3. The van der Waals surface area contributed by atoms with Gasteiger partial charge < -0.3 is 0 Å². The first-order valence-corrected chi connectivity index (χ1v) is 20.4. The molecule has 0 aliphatic heterocycles. The summed E-state index contributed by atoms with van der Waals surface area (Å²) in [5, 5.41) is 0. The van der Waals surface area contributed by atoms with Gasteiger partial charge in [-0.25, -0.2) is 0 Å². The van der Waals surface area contributed by atoms with E-state index in [9.17, 15) is 0 Å². The van der Waals surface area contributed by atoms with Crippen molar-refractivity contribution in [2.24, 2.45) is 41.4 Å². The zero-order chi connectivity index (χ0) is 33.9. The molecule has 0 spiro atoms. The SMILES string of the molecule is CC1CCC(C2CCC(C)CC2)CC1.Cc1ccc(-c2ccc(C)cc2)cc1.Cc1ccc(C2CCC(C3CCC(C)CC3)CC2)cc1. The highest BCUT2D eigenvalue weighted by atomic mass is 14.4. The molecule has 0 atom stereocenters. The zero-order valence-corrected chi connectivity index (χ0v) is 31.9. The van der Waals surface area contributed by atoms with Gasteiger partial charge in [0.2, 0.25) is 0 Å². The molecule has 0 aromatic heterocycles. The molecule has 0 heterocycles. The summed E-state index contributed by atoms with van der Waals surface area (Å²) in [6.45, 7) is 13.7. The molecule has 0 bridgehead atoms. The van der Waals surface area contributed by atoms with E-state index < -0.39 is 0 Å². The number of rotatable bonds is 4. The molecule has 0 saturated heterocycles. The van der Waals surface area contributed by atoms with Crippen LogP contribution >= 0.6 is 0 Å². The van der Waals surface area contributed by atoms with E-state index in [1.54, 1.807) is 31.2 Å². The maximum Gasteiger partial charge on any atom is -0.0162 e. The zero-order valence-electron chi connectivity index (χ0n) is 31.9. The lowest BCUT2D eigenvalue weighted by atomic mass is 9.68. The molecule has 0 N–H and O–H groups in total. The first kappa shape index (κ1) is 36.9. The van der Waals surface area contributed by atoms with E-state index in [1.807, 2.05) is 0 Å². The third-order valence-corrected chi connectivity index (χ3v) is 13.3. The fourth-order valence-electron chi connectivity index (χ4n) is 9.53. The Morgan fingerprint density at radius 2 is 0.562 bits per heavy atom. The Labute approximate surface area is 296 Å². The molecule has 7 rings (SSSR count). The maximum absolute atomic E-state index is 2.44. The molecule has 0 radical (unpaired) electrons. The van der Waals surface area contributed by atoms with E-state index in [0.29, 0.717) is 0 Å². The predicted octanol–water partition coefficient (Wildman–Crippen LogP) is 14.7. The minimum Gasteiger partial charge on any atom is -0.0625 e. The predicted molar refractivity (Wildman–Crippen MR) is 211 cm³/mol. The Hall–Kier alpha value is -2.34. The van der Waals surface area contributed by atoms with E-state index in [-0.39, 0.29) is 0 Å². The fourth-order valence-corrected chi connectivity index (χ4v) is 9.53. The van der Waals surface area contributed by atoms with Gasteiger partial charge in [0.15, 0.2) is 0 Å². The lowest BCUT2D eigenvalue weighted by Crippen LogP contribution is -2.24. The molecule has 0 unspecified atom stereocenters. The minimum absolute atomic E-state index is 0.842. The summed E-state index contributed by atoms with van der Waals surface area (Å²) in [5.41, 5.74) is 8.16. The van der Waals surface area contributed by atoms with Crippen LogP contribution in [0.2, 0.25) is 0 Å². The van der Waals surface area contributed by atoms with E-state index in [4.69, 9.17) is 0 Å². The van der Waals surface area contributed by atoms with Crippen LogP contribution in [0.1, 0.15) is 152 Å². The van der Waals surface area contributed by atoms with Crippen molar-refractivity contribution in [1.82, 2.24) is 0 Å². The molecule has 0 heteroatoms. The van der Waals surface area contributed by atoms with E-state index in [1.165, 1.54) is 105 Å². The van der Waals surface area contributed by atoms with E-state index in [2.05, 4.69) is 114 Å². The average molecular weight is 647 g/mol. The van der Waals surface area contributed by atoms with Crippen LogP contribution in [0.15, 0.2) is 72.8 Å². The van der Waals surface area contributed by atoms with Crippen molar-refractivity contribution in [2.75, 3.05) is 0 Å². The summed E-state index contributed by atoms with van der Waals surface area (Å²) in [4.78, 5) is 0. The summed E-state index contributed by atoms with van der Waals surface area (Å²) in [6.07, 6.45) is 24.0. The van der Waals surface area contributed by atoms with Crippen LogP contribution < -0.4 is 0 Å². The number of hydrogen-bond acceptors (Lipinski definition) is 0. The molecular weight excluding hydrogens is 577 g/mol. The second-order valence-electron chi connectivity index (χ2n) is 17.3. The van der Waals surface area contributed by atoms with Crippen LogP contribution in [-0.2, 0) is 0 Å². The fraction of sp³-hybridized carbons (Fsp3) is 0.625. The highest BCUT2D eigenvalue weighted by molar-refractivity contribution is 5.63. The first-order valence-electron chi connectivity index (χ1n) is 20.4. The van der Waals surface area contributed by atoms with Crippen molar-refractivity contribution >= 4 is 0 Å². The molecule has 0 nitrogen and oxygen atoms in total. The Balaban J connectivity index is 0.000000145. The molecule has 4 fully saturated rings. The van der Waals surface area contributed by atoms with Crippen molar-refractivity contribution in [3.05, 3.63) is 95.1 Å². The van der Waals surface area contributed by atoms with Crippen LogP contribution in [0.5, 0.6) is 0 Å². The van der Waals surface area contributed by atoms with Crippen molar-refractivity contribution in [3.63, 3.8) is 0 Å². The Kier molecular flexibility index (Phi) is 14.3. The molecule has 0 amide bonds. The van der Waals surface area contributed by atoms with Crippen molar-refractivity contribution in [1.29, 1.82) is 0 Å². The smallest absolute Gasteiger partial charge is 0.0162 e. The molecule has 3 aromatic rings. The summed E-state index contributed by atoms with van der Waals surface area (Å²) < 4.78 is 0. The van der Waals surface area contributed by atoms with Crippen LogP contribution in [0.4, 0.5) is 0 Å². The molecule has 4 saturated carbocycles. The monoisotopic (exact) mass is 647 g/mol. The Morgan fingerprint density at radius 1 is 0.312 bits per heavy atom. The van der Waals surface area contributed by atoms with Crippen LogP contribution in [0.25, 0.3) is 11.1 Å². The van der Waals surface area contributed by atoms with Crippen LogP contribution in [0.3, 0.4) is 0 Å². The first-order chi connectivity index (χ1) is 23.2. The van der Waals surface area contributed by atoms with Gasteiger partial charge in [-0.3, -0.25) is 0 Å². The van der Waals surface area contributed by atoms with Crippen molar-refractivity contribution in [2.45, 2.75) is 150 Å². The summed E-state index contributed by atoms with van der Waals surface area (Å²) in [5.74, 6) is 8.21. The van der Waals surface area contributed by atoms with Gasteiger partial charge in [0.05, 0.1) is 0 Å². The normalized spacial score (nSPS) is 30.6. The van der Waals surface area contributed by atoms with Gasteiger partial charge in [-0.05, 0) is 149 Å². The van der Waals surface area contributed by atoms with Gasteiger partial charge in [0.25, 0.3) is 0 Å². The lowest BCUT2D eigenvalue weighted by molar-refractivity contribution is 0.155. The molecule has 4 aliphatic rings. The lowest BCUT2D eigenvalue weighted by Gasteiger charge is -2.37. The second kappa shape index (κ2) is 18.6. The van der Waals surface area contributed by atoms with Gasteiger partial charge in [0.1, 0.15) is 0 Å². The molecule has 3 aromatic carbocycles. The standard InChI is InChI=1S/C20H30.C14H26.C14H14/c1-15-3-7-17(8-4-15)19-11-13-20(14-12-19)18-9-5-16(2)6-10-18;2*1-11-3-7-13(8-4-11)14-9-5-12(2)6-10-14/h3-4,7-8,16,18-20H,5-6,9-14H2,1-2H3;11-14H,3-10H2,1-2H3;3-10H,1-2H3. The number of benzene rings is 3. The molecule has 48 heavy (non-hydrogen) atoms. The highest BCUT2D eigenvalue weighted by Crippen LogP contribution is 2.44. The van der Waals surface area contributed by atoms with Gasteiger partial charge in [-0.2, -0.15) is 0 Å². The summed E-state index contributed by atoms with van der Waals surface area (Å²) in [6, 6.07) is 26.5. The molecule has 262 valence electrons. The summed E-state index contributed by atoms with van der Waals surface area (Å²) >= 11 is 0. The van der Waals surface area contributed by atoms with Gasteiger partial charge in [-0.15, -0.1) is 0 Å². The summed E-state index contributed by atoms with van der Waals surface area (Å²) in [7, 11) is 0. The average Bonchev–Trinajstić information content (AvgIpc) is 3.11. The Bertz CT molecular complexity index is 1220. The highest BCUT2D eigenvalue weighted by Gasteiger charge is 2.31. The minimum atomic E-state index is 0.842. The topological polar surface area (TPSA) is 0 Å². The number of hydrogen-bond donors (Lipinski definition) is 0. The van der Waals surface area contributed by atoms with Gasteiger partial charge in [-0.1, -0.05) is 149 Å². The Morgan fingerprint density at radius 3 is 0.854 bits per heavy atom.